The van der Waals surface area contributed by atoms with Gasteiger partial charge in [0, 0.05) is 30.1 Å². The van der Waals surface area contributed by atoms with Crippen LogP contribution in [-0.4, -0.2) is 25.3 Å². The number of aromatic nitrogens is 3. The molecule has 0 saturated carbocycles. The summed E-state index contributed by atoms with van der Waals surface area (Å²) < 4.78 is 3.86. The van der Waals surface area contributed by atoms with Gasteiger partial charge in [-0.15, -0.1) is 0 Å². The first-order valence-corrected chi connectivity index (χ1v) is 9.58. The van der Waals surface area contributed by atoms with Crippen LogP contribution in [0.5, 0.6) is 0 Å². The molecule has 0 bridgehead atoms. The van der Waals surface area contributed by atoms with Gasteiger partial charge in [0.15, 0.2) is 0 Å². The number of hydrogen-bond donors (Lipinski definition) is 1. The lowest BCUT2D eigenvalue weighted by molar-refractivity contribution is -0.384. The Labute approximate surface area is 177 Å². The highest BCUT2D eigenvalue weighted by atomic mass is 35.5. The Bertz CT molecular complexity index is 1300. The third kappa shape index (κ3) is 3.42. The Balaban J connectivity index is 1.63. The number of nitro groups is 1. The molecule has 9 heteroatoms. The number of para-hydroxylation sites is 2. The minimum Gasteiger partial charge on any atom is -0.318 e. The molecule has 4 aromatic rings. The molecule has 2 aromatic heterocycles. The lowest BCUT2D eigenvalue weighted by atomic mass is 10.2. The third-order valence-corrected chi connectivity index (χ3v) is 5.33. The summed E-state index contributed by atoms with van der Waals surface area (Å²) >= 11 is 5.94. The van der Waals surface area contributed by atoms with Crippen LogP contribution in [0.2, 0.25) is 5.02 Å². The second-order valence-electron chi connectivity index (χ2n) is 6.91. The molecule has 4 rings (SSSR count). The number of imidazole rings is 1. The Morgan fingerprint density at radius 3 is 2.70 bits per heavy atom. The van der Waals surface area contributed by atoms with Gasteiger partial charge in [0.05, 0.1) is 27.9 Å². The van der Waals surface area contributed by atoms with Gasteiger partial charge in [0.2, 0.25) is 5.95 Å². The third-order valence-electron chi connectivity index (χ3n) is 5.01. The van der Waals surface area contributed by atoms with Crippen LogP contribution in [0.1, 0.15) is 17.0 Å². The second kappa shape index (κ2) is 7.64. The van der Waals surface area contributed by atoms with Crippen LogP contribution >= 0.6 is 11.6 Å². The molecule has 0 radical (unpaired) electrons. The zero-order valence-corrected chi connectivity index (χ0v) is 17.4. The molecule has 0 fully saturated rings. The minimum absolute atomic E-state index is 0.111. The van der Waals surface area contributed by atoms with Gasteiger partial charge >= 0.3 is 0 Å². The van der Waals surface area contributed by atoms with Crippen molar-refractivity contribution in [3.05, 3.63) is 80.6 Å². The summed E-state index contributed by atoms with van der Waals surface area (Å²) in [5, 5.41) is 15.7. The van der Waals surface area contributed by atoms with Crippen LogP contribution in [-0.2, 0) is 7.05 Å². The predicted octanol–water partition coefficient (Wildman–Crippen LogP) is 4.99. The van der Waals surface area contributed by atoms with E-state index in [9.17, 15) is 10.1 Å². The molecule has 30 heavy (non-hydrogen) atoms. The smallest absolute Gasteiger partial charge is 0.289 e. The van der Waals surface area contributed by atoms with E-state index in [0.29, 0.717) is 11.6 Å². The number of aryl methyl sites for hydroxylation is 2. The van der Waals surface area contributed by atoms with Crippen molar-refractivity contribution in [3.63, 3.8) is 0 Å². The normalized spacial score (nSPS) is 11.5. The molecule has 0 aliphatic carbocycles. The van der Waals surface area contributed by atoms with E-state index < -0.39 is 4.92 Å². The van der Waals surface area contributed by atoms with Crippen molar-refractivity contribution < 1.29 is 4.92 Å². The molecule has 0 amide bonds. The van der Waals surface area contributed by atoms with Gasteiger partial charge in [-0.3, -0.25) is 10.1 Å². The van der Waals surface area contributed by atoms with Crippen LogP contribution in [0.3, 0.4) is 0 Å². The van der Waals surface area contributed by atoms with E-state index in [1.54, 1.807) is 12.3 Å². The van der Waals surface area contributed by atoms with Crippen LogP contribution in [0.4, 0.5) is 11.6 Å². The standard InChI is InChI=1S/C21H19ClN6O2/c1-13-10-15(12-23-25-21-24-18-6-4-5-7-19(18)26(21)3)14(2)27(13)16-8-9-17(22)20(11-16)28(29)30/h4-12H,1-3H3,(H,24,25)/b23-12-. The highest BCUT2D eigenvalue weighted by Gasteiger charge is 2.16. The first kappa shape index (κ1) is 19.7. The number of hydrogen-bond acceptors (Lipinski definition) is 5. The number of anilines is 1. The van der Waals surface area contributed by atoms with Gasteiger partial charge in [0.25, 0.3) is 5.69 Å². The molecule has 152 valence electrons. The number of nitrogens with one attached hydrogen (secondary N) is 1. The maximum absolute atomic E-state index is 11.2. The maximum Gasteiger partial charge on any atom is 0.289 e. The summed E-state index contributed by atoms with van der Waals surface area (Å²) in [6.07, 6.45) is 1.71. The monoisotopic (exact) mass is 422 g/mol. The minimum atomic E-state index is -0.483. The molecule has 0 unspecified atom stereocenters. The average molecular weight is 423 g/mol. The van der Waals surface area contributed by atoms with E-state index in [-0.39, 0.29) is 10.7 Å². The molecule has 0 atom stereocenters. The van der Waals surface area contributed by atoms with Crippen molar-refractivity contribution in [3.8, 4) is 5.69 Å². The van der Waals surface area contributed by atoms with E-state index in [2.05, 4.69) is 15.5 Å². The number of hydrazone groups is 1. The van der Waals surface area contributed by atoms with E-state index in [1.807, 2.05) is 60.4 Å². The van der Waals surface area contributed by atoms with Crippen molar-refractivity contribution >= 4 is 40.5 Å². The topological polar surface area (TPSA) is 90.3 Å². The van der Waals surface area contributed by atoms with Crippen LogP contribution in [0.15, 0.2) is 53.6 Å². The Kier molecular flexibility index (Phi) is 5.01. The van der Waals surface area contributed by atoms with Crippen molar-refractivity contribution in [1.82, 2.24) is 14.1 Å². The fourth-order valence-electron chi connectivity index (χ4n) is 3.50. The van der Waals surface area contributed by atoms with Gasteiger partial charge < -0.3 is 9.13 Å². The molecule has 0 aliphatic heterocycles. The molecule has 2 heterocycles. The number of nitro benzene ring substituents is 1. The van der Waals surface area contributed by atoms with Crippen LogP contribution in [0.25, 0.3) is 16.7 Å². The SMILES string of the molecule is Cc1cc(/C=N\Nc2nc3ccccc3n2C)c(C)n1-c1ccc(Cl)c([N+](=O)[O-])c1. The Hall–Kier alpha value is -3.65. The summed E-state index contributed by atoms with van der Waals surface area (Å²) in [4.78, 5) is 15.3. The molecule has 2 aromatic carbocycles. The molecule has 8 nitrogen and oxygen atoms in total. The lowest BCUT2D eigenvalue weighted by Crippen LogP contribution is -2.02. The van der Waals surface area contributed by atoms with Gasteiger partial charge in [-0.2, -0.15) is 5.10 Å². The summed E-state index contributed by atoms with van der Waals surface area (Å²) in [7, 11) is 1.92. The molecular formula is C21H19ClN6O2. The highest BCUT2D eigenvalue weighted by Crippen LogP contribution is 2.29. The van der Waals surface area contributed by atoms with Crippen molar-refractivity contribution in [2.75, 3.05) is 5.43 Å². The quantitative estimate of drug-likeness (QED) is 0.278. The fraction of sp³-hybridized carbons (Fsp3) is 0.143. The Morgan fingerprint density at radius 2 is 1.97 bits per heavy atom. The van der Waals surface area contributed by atoms with Gasteiger partial charge in [-0.05, 0) is 44.2 Å². The van der Waals surface area contributed by atoms with Crippen LogP contribution in [0, 0.1) is 24.0 Å². The van der Waals surface area contributed by atoms with Crippen molar-refractivity contribution in [2.45, 2.75) is 13.8 Å². The zero-order chi connectivity index (χ0) is 21.4. The van der Waals surface area contributed by atoms with E-state index in [4.69, 9.17) is 11.6 Å². The number of rotatable bonds is 5. The van der Waals surface area contributed by atoms with Gasteiger partial charge in [0.1, 0.15) is 5.02 Å². The molecule has 0 spiro atoms. The molecule has 0 aliphatic rings. The summed E-state index contributed by atoms with van der Waals surface area (Å²) in [5.74, 6) is 0.634. The Morgan fingerprint density at radius 1 is 1.20 bits per heavy atom. The molecule has 0 saturated heterocycles. The number of nitrogens with zero attached hydrogens (tertiary/aromatic N) is 5. The largest absolute Gasteiger partial charge is 0.318 e. The van der Waals surface area contributed by atoms with Gasteiger partial charge in [-0.25, -0.2) is 10.4 Å². The summed E-state index contributed by atoms with van der Waals surface area (Å²) in [6.45, 7) is 3.87. The number of fused-ring (bicyclic) bond motifs is 1. The predicted molar refractivity (Wildman–Crippen MR) is 119 cm³/mol. The van der Waals surface area contributed by atoms with E-state index in [0.717, 1.165) is 28.0 Å². The summed E-state index contributed by atoms with van der Waals surface area (Å²) in [6, 6.07) is 14.6. The maximum atomic E-state index is 11.2. The highest BCUT2D eigenvalue weighted by molar-refractivity contribution is 6.32. The number of halogens is 1. The second-order valence-corrected chi connectivity index (χ2v) is 7.32. The van der Waals surface area contributed by atoms with E-state index in [1.165, 1.54) is 12.1 Å². The molecular weight excluding hydrogens is 404 g/mol. The van der Waals surface area contributed by atoms with Crippen LogP contribution < -0.4 is 5.43 Å². The first-order valence-electron chi connectivity index (χ1n) is 9.20. The fourth-order valence-corrected chi connectivity index (χ4v) is 3.69. The number of benzene rings is 2. The van der Waals surface area contributed by atoms with Gasteiger partial charge in [-0.1, -0.05) is 23.7 Å². The zero-order valence-electron chi connectivity index (χ0n) is 16.6. The average Bonchev–Trinajstić information content (AvgIpc) is 3.18. The van der Waals surface area contributed by atoms with Crippen molar-refractivity contribution in [2.24, 2.45) is 12.1 Å². The molecule has 1 N–H and O–H groups in total. The summed E-state index contributed by atoms with van der Waals surface area (Å²) in [5.41, 5.74) is 8.14. The van der Waals surface area contributed by atoms with Crippen molar-refractivity contribution in [1.29, 1.82) is 0 Å². The van der Waals surface area contributed by atoms with E-state index >= 15 is 0 Å². The first-order chi connectivity index (χ1) is 14.4. The lowest BCUT2D eigenvalue weighted by Gasteiger charge is -2.10.